The Hall–Kier alpha value is -1.98. The summed E-state index contributed by atoms with van der Waals surface area (Å²) in [6.07, 6.45) is 11.6. The Morgan fingerprint density at radius 1 is 0.926 bits per heavy atom. The molecule has 27 heavy (non-hydrogen) atoms. The molecule has 0 spiro atoms. The highest BCUT2D eigenvalue weighted by Gasteiger charge is 2.30. The van der Waals surface area contributed by atoms with Gasteiger partial charge in [0.2, 0.25) is 5.91 Å². The van der Waals surface area contributed by atoms with E-state index < -0.39 is 0 Å². The Balaban J connectivity index is 1.23. The second-order valence-electron chi connectivity index (χ2n) is 8.72. The minimum Gasteiger partial charge on any atom is -0.343 e. The topological polar surface area (TPSA) is 63.4 Å². The first-order valence-electron chi connectivity index (χ1n) is 10.8. The molecule has 1 amide bonds. The van der Waals surface area contributed by atoms with Crippen LogP contribution in [0.3, 0.4) is 0 Å². The van der Waals surface area contributed by atoms with Gasteiger partial charge in [0, 0.05) is 31.3 Å². The first-order chi connectivity index (χ1) is 13.3. The number of fused-ring (bicyclic) bond motifs is 1. The number of aromatic nitrogens is 4. The summed E-state index contributed by atoms with van der Waals surface area (Å²) < 4.78 is 1.96. The van der Waals surface area contributed by atoms with E-state index in [9.17, 15) is 4.79 Å². The van der Waals surface area contributed by atoms with Crippen molar-refractivity contribution in [2.45, 2.75) is 76.0 Å². The van der Waals surface area contributed by atoms with E-state index in [0.29, 0.717) is 23.7 Å². The molecule has 3 heterocycles. The fourth-order valence-corrected chi connectivity index (χ4v) is 4.83. The van der Waals surface area contributed by atoms with E-state index in [1.165, 1.54) is 50.6 Å². The molecule has 0 radical (unpaired) electrons. The number of hydrogen-bond acceptors (Lipinski definition) is 4. The van der Waals surface area contributed by atoms with Crippen molar-refractivity contribution in [3.05, 3.63) is 23.7 Å². The first kappa shape index (κ1) is 17.1. The number of nitrogens with zero attached hydrogens (tertiary/aromatic N) is 5. The zero-order valence-electron chi connectivity index (χ0n) is 16.0. The number of hydrogen-bond donors (Lipinski definition) is 0. The van der Waals surface area contributed by atoms with Crippen molar-refractivity contribution in [1.82, 2.24) is 24.7 Å². The maximum Gasteiger partial charge on any atom is 0.222 e. The Morgan fingerprint density at radius 2 is 1.70 bits per heavy atom. The van der Waals surface area contributed by atoms with Gasteiger partial charge in [-0.1, -0.05) is 19.3 Å². The van der Waals surface area contributed by atoms with Crippen molar-refractivity contribution in [2.75, 3.05) is 13.1 Å². The normalized spacial score (nSPS) is 22.4. The summed E-state index contributed by atoms with van der Waals surface area (Å²) in [6.45, 7) is 1.68. The van der Waals surface area contributed by atoms with Crippen LogP contribution in [-0.4, -0.2) is 43.7 Å². The fourth-order valence-electron chi connectivity index (χ4n) is 4.83. The molecule has 0 atom stereocenters. The van der Waals surface area contributed by atoms with Gasteiger partial charge in [-0.25, -0.2) is 0 Å². The first-order valence-corrected chi connectivity index (χ1v) is 10.8. The smallest absolute Gasteiger partial charge is 0.222 e. The quantitative estimate of drug-likeness (QED) is 0.827. The second-order valence-corrected chi connectivity index (χ2v) is 8.72. The summed E-state index contributed by atoms with van der Waals surface area (Å²) in [5.74, 6) is 2.94. The lowest BCUT2D eigenvalue weighted by atomic mass is 9.86. The van der Waals surface area contributed by atoms with Gasteiger partial charge in [-0.3, -0.25) is 4.79 Å². The molecule has 1 saturated heterocycles. The zero-order valence-corrected chi connectivity index (χ0v) is 16.0. The molecule has 0 unspecified atom stereocenters. The molecular formula is C21H29N5O. The molecule has 2 aromatic rings. The van der Waals surface area contributed by atoms with Crippen LogP contribution in [0.5, 0.6) is 0 Å². The van der Waals surface area contributed by atoms with Crippen LogP contribution < -0.4 is 0 Å². The minimum atomic E-state index is 0.348. The molecule has 2 aromatic heterocycles. The Labute approximate surface area is 160 Å². The van der Waals surface area contributed by atoms with E-state index in [1.54, 1.807) is 0 Å². The molecular weight excluding hydrogens is 338 g/mol. The molecule has 3 fully saturated rings. The SMILES string of the molecule is O=C(CC1CCCCC1)N1CCC(c2nnc3ccc(C4CC4)nn23)CC1. The van der Waals surface area contributed by atoms with Gasteiger partial charge in [0.25, 0.3) is 0 Å². The third-order valence-corrected chi connectivity index (χ3v) is 6.70. The third-order valence-electron chi connectivity index (χ3n) is 6.70. The van der Waals surface area contributed by atoms with E-state index in [-0.39, 0.29) is 0 Å². The van der Waals surface area contributed by atoms with Crippen LogP contribution in [0.25, 0.3) is 5.65 Å². The fraction of sp³-hybridized carbons (Fsp3) is 0.714. The second kappa shape index (κ2) is 7.21. The lowest BCUT2D eigenvalue weighted by molar-refractivity contribution is -0.133. The number of rotatable bonds is 4. The molecule has 0 bridgehead atoms. The summed E-state index contributed by atoms with van der Waals surface area (Å²) >= 11 is 0. The van der Waals surface area contributed by atoms with Gasteiger partial charge in [-0.05, 0) is 56.6 Å². The van der Waals surface area contributed by atoms with E-state index in [2.05, 4.69) is 21.2 Å². The van der Waals surface area contributed by atoms with E-state index in [1.807, 2.05) is 10.6 Å². The van der Waals surface area contributed by atoms with Crippen LogP contribution in [0.1, 0.15) is 87.6 Å². The van der Waals surface area contributed by atoms with Gasteiger partial charge in [-0.15, -0.1) is 10.2 Å². The van der Waals surface area contributed by atoms with Gasteiger partial charge in [-0.2, -0.15) is 9.61 Å². The predicted octanol–water partition coefficient (Wildman–Crippen LogP) is 3.68. The average molecular weight is 367 g/mol. The molecule has 3 aliphatic rings. The van der Waals surface area contributed by atoms with Gasteiger partial charge >= 0.3 is 0 Å². The maximum absolute atomic E-state index is 12.7. The lowest BCUT2D eigenvalue weighted by Gasteiger charge is -2.32. The molecule has 0 N–H and O–H groups in total. The summed E-state index contributed by atoms with van der Waals surface area (Å²) in [5.41, 5.74) is 2.01. The lowest BCUT2D eigenvalue weighted by Crippen LogP contribution is -2.39. The number of carbonyl (C=O) groups is 1. The molecule has 144 valence electrons. The summed E-state index contributed by atoms with van der Waals surface area (Å²) in [7, 11) is 0. The van der Waals surface area contributed by atoms with Crippen LogP contribution in [0.15, 0.2) is 12.1 Å². The highest BCUT2D eigenvalue weighted by Crippen LogP contribution is 2.39. The average Bonchev–Trinajstić information content (AvgIpc) is 3.48. The van der Waals surface area contributed by atoms with Crippen molar-refractivity contribution in [1.29, 1.82) is 0 Å². The molecule has 6 heteroatoms. The maximum atomic E-state index is 12.7. The molecule has 2 aliphatic carbocycles. The third kappa shape index (κ3) is 3.58. The summed E-state index contributed by atoms with van der Waals surface area (Å²) in [4.78, 5) is 14.8. The number of likely N-dealkylation sites (tertiary alicyclic amines) is 1. The van der Waals surface area contributed by atoms with Crippen LogP contribution in [0.4, 0.5) is 0 Å². The van der Waals surface area contributed by atoms with Crippen molar-refractivity contribution < 1.29 is 4.79 Å². The molecule has 1 aliphatic heterocycles. The zero-order chi connectivity index (χ0) is 18.2. The number of amides is 1. The van der Waals surface area contributed by atoms with Crippen molar-refractivity contribution >= 4 is 11.6 Å². The van der Waals surface area contributed by atoms with Crippen LogP contribution in [0, 0.1) is 5.92 Å². The van der Waals surface area contributed by atoms with Gasteiger partial charge in [0.1, 0.15) is 0 Å². The van der Waals surface area contributed by atoms with Gasteiger partial charge < -0.3 is 4.90 Å². The van der Waals surface area contributed by atoms with Gasteiger partial charge in [0.05, 0.1) is 5.69 Å². The highest BCUT2D eigenvalue weighted by molar-refractivity contribution is 5.76. The van der Waals surface area contributed by atoms with Gasteiger partial charge in [0.15, 0.2) is 11.5 Å². The van der Waals surface area contributed by atoms with E-state index >= 15 is 0 Å². The van der Waals surface area contributed by atoms with Crippen LogP contribution >= 0.6 is 0 Å². The number of piperidine rings is 1. The standard InChI is InChI=1S/C21H29N5O/c27-20(14-15-4-2-1-3-5-15)25-12-10-17(11-13-25)21-23-22-19-9-8-18(16-6-7-16)24-26(19)21/h8-9,15-17H,1-7,10-14H2. The summed E-state index contributed by atoms with van der Waals surface area (Å²) in [6, 6.07) is 4.14. The number of carbonyl (C=O) groups excluding carboxylic acids is 1. The monoisotopic (exact) mass is 367 g/mol. The molecule has 6 nitrogen and oxygen atoms in total. The Morgan fingerprint density at radius 3 is 2.44 bits per heavy atom. The largest absolute Gasteiger partial charge is 0.343 e. The predicted molar refractivity (Wildman–Crippen MR) is 103 cm³/mol. The minimum absolute atomic E-state index is 0.348. The van der Waals surface area contributed by atoms with Crippen molar-refractivity contribution in [3.8, 4) is 0 Å². The Kier molecular flexibility index (Phi) is 4.58. The summed E-state index contributed by atoms with van der Waals surface area (Å²) in [5, 5.41) is 13.6. The van der Waals surface area contributed by atoms with Crippen LogP contribution in [0.2, 0.25) is 0 Å². The molecule has 2 saturated carbocycles. The van der Waals surface area contributed by atoms with E-state index in [0.717, 1.165) is 43.8 Å². The highest BCUT2D eigenvalue weighted by atomic mass is 16.2. The molecule has 5 rings (SSSR count). The van der Waals surface area contributed by atoms with Crippen LogP contribution in [-0.2, 0) is 4.79 Å². The molecule has 0 aromatic carbocycles. The Bertz CT molecular complexity index is 813. The van der Waals surface area contributed by atoms with E-state index in [4.69, 9.17) is 5.10 Å². The van der Waals surface area contributed by atoms with Crippen molar-refractivity contribution in [3.63, 3.8) is 0 Å². The van der Waals surface area contributed by atoms with Crippen molar-refractivity contribution in [2.24, 2.45) is 5.92 Å².